The first kappa shape index (κ1) is 11.5. The van der Waals surface area contributed by atoms with Gasteiger partial charge in [-0.1, -0.05) is 0 Å². The second-order valence-corrected chi connectivity index (χ2v) is 5.48. The van der Waals surface area contributed by atoms with Gasteiger partial charge in [0.1, 0.15) is 5.52 Å². The average molecular weight is 253 g/mol. The summed E-state index contributed by atoms with van der Waals surface area (Å²) in [5.41, 5.74) is 10.8. The highest BCUT2D eigenvalue weighted by Gasteiger charge is 2.09. The number of nitrogens with two attached hydrogens (primary N) is 1. The first-order valence-electron chi connectivity index (χ1n) is 5.05. The molecule has 0 spiro atoms. The second-order valence-electron chi connectivity index (χ2n) is 3.61. The van der Waals surface area contributed by atoms with Crippen LogP contribution in [0.3, 0.4) is 0 Å². The summed E-state index contributed by atoms with van der Waals surface area (Å²) in [4.78, 5) is 6.49. The predicted octanol–water partition coefficient (Wildman–Crippen LogP) is 2.68. The number of aromatic nitrogens is 1. The largest absolute Gasteiger partial charge is 0.395 e. The van der Waals surface area contributed by atoms with Crippen LogP contribution in [-0.2, 0) is 0 Å². The van der Waals surface area contributed by atoms with Crippen molar-refractivity contribution in [1.82, 2.24) is 4.98 Å². The zero-order valence-corrected chi connectivity index (χ0v) is 11.1. The fourth-order valence-corrected chi connectivity index (χ4v) is 2.77. The van der Waals surface area contributed by atoms with Crippen LogP contribution in [0.1, 0.15) is 0 Å². The maximum Gasteiger partial charge on any atom is 0.106 e. The molecule has 2 rings (SSSR count). The van der Waals surface area contributed by atoms with Gasteiger partial charge in [-0.3, -0.25) is 0 Å². The Bertz CT molecular complexity index is 481. The summed E-state index contributed by atoms with van der Waals surface area (Å²) in [6.07, 6.45) is 2.11. The molecule has 1 aromatic heterocycles. The molecule has 0 aliphatic carbocycles. The Morgan fingerprint density at radius 2 is 2.31 bits per heavy atom. The van der Waals surface area contributed by atoms with E-state index in [9.17, 15) is 0 Å². The van der Waals surface area contributed by atoms with Crippen molar-refractivity contribution in [3.05, 3.63) is 17.6 Å². The Hall–Kier alpha value is -0.940. The Morgan fingerprint density at radius 3 is 3.06 bits per heavy atom. The van der Waals surface area contributed by atoms with E-state index in [4.69, 9.17) is 5.73 Å². The summed E-state index contributed by atoms with van der Waals surface area (Å²) in [6, 6.07) is 4.17. The molecule has 16 heavy (non-hydrogen) atoms. The summed E-state index contributed by atoms with van der Waals surface area (Å²) in [5, 5.41) is 0. The van der Waals surface area contributed by atoms with Crippen molar-refractivity contribution in [1.29, 1.82) is 0 Å². The molecule has 5 heteroatoms. The van der Waals surface area contributed by atoms with Crippen molar-refractivity contribution < 1.29 is 0 Å². The van der Waals surface area contributed by atoms with Crippen molar-refractivity contribution in [2.24, 2.45) is 0 Å². The Morgan fingerprint density at radius 1 is 1.50 bits per heavy atom. The van der Waals surface area contributed by atoms with E-state index in [1.54, 1.807) is 11.3 Å². The minimum absolute atomic E-state index is 0.794. The highest BCUT2D eigenvalue weighted by molar-refractivity contribution is 7.98. The maximum absolute atomic E-state index is 6.13. The SMILES string of the molecule is CSCCN(C)c1ccc2scnc2c1N. The first-order valence-corrected chi connectivity index (χ1v) is 7.33. The summed E-state index contributed by atoms with van der Waals surface area (Å²) in [5.74, 6) is 1.10. The molecule has 0 bridgehead atoms. The normalized spacial score (nSPS) is 10.9. The molecule has 0 fully saturated rings. The quantitative estimate of drug-likeness (QED) is 0.851. The zero-order chi connectivity index (χ0) is 11.5. The van der Waals surface area contributed by atoms with Crippen molar-refractivity contribution in [3.8, 4) is 0 Å². The van der Waals surface area contributed by atoms with E-state index in [-0.39, 0.29) is 0 Å². The Kier molecular flexibility index (Phi) is 3.56. The summed E-state index contributed by atoms with van der Waals surface area (Å²) >= 11 is 3.47. The number of thiazole rings is 1. The van der Waals surface area contributed by atoms with Gasteiger partial charge in [-0.15, -0.1) is 11.3 Å². The van der Waals surface area contributed by atoms with Crippen LogP contribution in [0.5, 0.6) is 0 Å². The lowest BCUT2D eigenvalue weighted by Gasteiger charge is -2.20. The topological polar surface area (TPSA) is 42.2 Å². The van der Waals surface area contributed by atoms with E-state index < -0.39 is 0 Å². The van der Waals surface area contributed by atoms with Crippen molar-refractivity contribution >= 4 is 44.7 Å². The number of hydrogen-bond acceptors (Lipinski definition) is 5. The monoisotopic (exact) mass is 253 g/mol. The summed E-state index contributed by atoms with van der Waals surface area (Å²) in [7, 11) is 2.07. The molecule has 0 saturated carbocycles. The number of nitrogen functional groups attached to an aromatic ring is 1. The second kappa shape index (κ2) is 4.93. The van der Waals surface area contributed by atoms with Gasteiger partial charge in [0.05, 0.1) is 21.6 Å². The molecule has 1 heterocycles. The third kappa shape index (κ3) is 2.10. The van der Waals surface area contributed by atoms with Crippen LogP contribution in [-0.4, -0.2) is 30.6 Å². The zero-order valence-electron chi connectivity index (χ0n) is 9.43. The molecule has 86 valence electrons. The van der Waals surface area contributed by atoms with E-state index in [1.165, 1.54) is 0 Å². The first-order chi connectivity index (χ1) is 7.74. The molecular weight excluding hydrogens is 238 g/mol. The fourth-order valence-electron chi connectivity index (χ4n) is 1.62. The molecule has 1 aromatic carbocycles. The number of benzene rings is 1. The van der Waals surface area contributed by atoms with Crippen LogP contribution < -0.4 is 10.6 Å². The maximum atomic E-state index is 6.13. The molecule has 3 nitrogen and oxygen atoms in total. The van der Waals surface area contributed by atoms with E-state index in [0.717, 1.165) is 33.9 Å². The highest BCUT2D eigenvalue weighted by Crippen LogP contribution is 2.31. The number of nitrogens with zero attached hydrogens (tertiary/aromatic N) is 2. The molecule has 0 unspecified atom stereocenters. The summed E-state index contributed by atoms with van der Waals surface area (Å²) < 4.78 is 1.15. The minimum Gasteiger partial charge on any atom is -0.395 e. The molecule has 0 aliphatic rings. The van der Waals surface area contributed by atoms with Crippen LogP contribution in [0.2, 0.25) is 0 Å². The standard InChI is InChI=1S/C11H15N3S2/c1-14(5-6-15-2)8-3-4-9-11(10(8)12)13-7-16-9/h3-4,7H,5-6,12H2,1-2H3. The van der Waals surface area contributed by atoms with Crippen molar-refractivity contribution in [2.75, 3.05) is 36.2 Å². The van der Waals surface area contributed by atoms with E-state index in [0.29, 0.717) is 0 Å². The van der Waals surface area contributed by atoms with E-state index in [1.807, 2.05) is 17.3 Å². The number of anilines is 2. The number of fused-ring (bicyclic) bond motifs is 1. The van der Waals surface area contributed by atoms with Gasteiger partial charge in [-0.05, 0) is 18.4 Å². The molecule has 0 aliphatic heterocycles. The van der Waals surface area contributed by atoms with Gasteiger partial charge < -0.3 is 10.6 Å². The lowest BCUT2D eigenvalue weighted by atomic mass is 10.2. The third-order valence-electron chi connectivity index (χ3n) is 2.56. The van der Waals surface area contributed by atoms with Crippen LogP contribution in [0.25, 0.3) is 10.2 Å². The van der Waals surface area contributed by atoms with Gasteiger partial charge in [0.25, 0.3) is 0 Å². The van der Waals surface area contributed by atoms with E-state index in [2.05, 4.69) is 35.3 Å². The van der Waals surface area contributed by atoms with Crippen molar-refractivity contribution in [3.63, 3.8) is 0 Å². The molecule has 0 saturated heterocycles. The Labute approximate surface area is 104 Å². The lowest BCUT2D eigenvalue weighted by Crippen LogP contribution is -2.21. The average Bonchev–Trinajstić information content (AvgIpc) is 2.75. The van der Waals surface area contributed by atoms with Gasteiger partial charge in [-0.2, -0.15) is 11.8 Å². The van der Waals surface area contributed by atoms with Gasteiger partial charge in [0.2, 0.25) is 0 Å². The third-order valence-corrected chi connectivity index (χ3v) is 3.95. The number of rotatable bonds is 4. The van der Waals surface area contributed by atoms with Crippen LogP contribution in [0.15, 0.2) is 17.6 Å². The molecule has 0 amide bonds. The highest BCUT2D eigenvalue weighted by atomic mass is 32.2. The lowest BCUT2D eigenvalue weighted by molar-refractivity contribution is 0.981. The van der Waals surface area contributed by atoms with Crippen LogP contribution >= 0.6 is 23.1 Å². The molecule has 0 radical (unpaired) electrons. The predicted molar refractivity (Wildman–Crippen MR) is 75.7 cm³/mol. The Balaban J connectivity index is 2.33. The summed E-state index contributed by atoms with van der Waals surface area (Å²) in [6.45, 7) is 1.00. The van der Waals surface area contributed by atoms with Gasteiger partial charge in [0.15, 0.2) is 0 Å². The molecule has 2 N–H and O–H groups in total. The molecular formula is C11H15N3S2. The minimum atomic E-state index is 0.794. The van der Waals surface area contributed by atoms with Crippen molar-refractivity contribution in [2.45, 2.75) is 0 Å². The van der Waals surface area contributed by atoms with Gasteiger partial charge in [-0.25, -0.2) is 4.98 Å². The molecule has 0 atom stereocenters. The molecule has 2 aromatic rings. The van der Waals surface area contributed by atoms with Gasteiger partial charge in [0, 0.05) is 19.3 Å². The fraction of sp³-hybridized carbons (Fsp3) is 0.364. The number of hydrogen-bond donors (Lipinski definition) is 1. The smallest absolute Gasteiger partial charge is 0.106 e. The van der Waals surface area contributed by atoms with Crippen LogP contribution in [0.4, 0.5) is 11.4 Å². The number of thioether (sulfide) groups is 1. The van der Waals surface area contributed by atoms with Gasteiger partial charge >= 0.3 is 0 Å². The van der Waals surface area contributed by atoms with E-state index >= 15 is 0 Å². The van der Waals surface area contributed by atoms with Crippen LogP contribution in [0, 0.1) is 0 Å².